The van der Waals surface area contributed by atoms with Gasteiger partial charge in [0.25, 0.3) is 0 Å². The highest BCUT2D eigenvalue weighted by Gasteiger charge is 2.39. The van der Waals surface area contributed by atoms with Crippen LogP contribution in [0.15, 0.2) is 66.7 Å². The van der Waals surface area contributed by atoms with E-state index in [0.717, 1.165) is 5.75 Å². The second-order valence-corrected chi connectivity index (χ2v) is 9.20. The van der Waals surface area contributed by atoms with Crippen molar-refractivity contribution in [2.75, 3.05) is 0 Å². The van der Waals surface area contributed by atoms with Gasteiger partial charge in [0.05, 0.1) is 0 Å². The van der Waals surface area contributed by atoms with Crippen molar-refractivity contribution in [3.05, 3.63) is 117 Å². The predicted molar refractivity (Wildman–Crippen MR) is 136 cm³/mol. The summed E-state index contributed by atoms with van der Waals surface area (Å²) in [5.74, 6) is 0.942. The molecule has 0 atom stereocenters. The molecule has 0 saturated carbocycles. The quantitative estimate of drug-likeness (QED) is 0.320. The van der Waals surface area contributed by atoms with Crippen LogP contribution in [0.1, 0.15) is 50.1 Å². The molecule has 0 N–H and O–H groups in total. The number of hydrogen-bond acceptors (Lipinski definition) is 1. The van der Waals surface area contributed by atoms with Gasteiger partial charge < -0.3 is 4.74 Å². The number of fused-ring (bicyclic) bond motifs is 3. The number of hydrogen-bond donors (Lipinski definition) is 0. The van der Waals surface area contributed by atoms with Crippen LogP contribution >= 0.6 is 0 Å². The van der Waals surface area contributed by atoms with Crippen molar-refractivity contribution in [2.45, 2.75) is 47.1 Å². The van der Waals surface area contributed by atoms with Crippen LogP contribution < -0.4 is 4.74 Å². The summed E-state index contributed by atoms with van der Waals surface area (Å²) in [7, 11) is 0. The second-order valence-electron chi connectivity index (χ2n) is 9.20. The minimum atomic E-state index is -0.653. The smallest absolute Gasteiger partial charge is 0.178 e. The topological polar surface area (TPSA) is 9.23 Å². The summed E-state index contributed by atoms with van der Waals surface area (Å²) < 4.78 is 7.04. The first-order valence-electron chi connectivity index (χ1n) is 11.4. The predicted octanol–water partition coefficient (Wildman–Crippen LogP) is 8.04. The molecule has 5 rings (SSSR count). The fraction of sp³-hybridized carbons (Fsp3) is 0.226. The molecule has 0 saturated heterocycles. The average Bonchev–Trinajstić information content (AvgIpc) is 2.81. The fourth-order valence-electron chi connectivity index (χ4n) is 5.35. The zero-order valence-electron chi connectivity index (χ0n) is 19.8. The highest BCUT2D eigenvalue weighted by molar-refractivity contribution is 5.99. The molecule has 4 aromatic carbocycles. The molecule has 0 aliphatic carbocycles. The maximum atomic E-state index is 7.04. The van der Waals surface area contributed by atoms with Crippen LogP contribution in [0.4, 0.5) is 0 Å². The van der Waals surface area contributed by atoms with Gasteiger partial charge in [-0.2, -0.15) is 0 Å². The molecule has 4 aromatic rings. The van der Waals surface area contributed by atoms with Crippen molar-refractivity contribution in [3.63, 3.8) is 0 Å². The molecule has 1 aliphatic heterocycles. The maximum absolute atomic E-state index is 7.04. The first kappa shape index (κ1) is 20.6. The number of benzene rings is 4. The lowest BCUT2D eigenvalue weighted by Crippen LogP contribution is -2.35. The van der Waals surface area contributed by atoms with Crippen LogP contribution in [-0.2, 0) is 5.60 Å². The summed E-state index contributed by atoms with van der Waals surface area (Å²) in [5, 5.41) is 2.62. The van der Waals surface area contributed by atoms with E-state index in [2.05, 4.69) is 114 Å². The van der Waals surface area contributed by atoms with Gasteiger partial charge in [-0.3, -0.25) is 0 Å². The third kappa shape index (κ3) is 2.84. The third-order valence-corrected chi connectivity index (χ3v) is 7.52. The highest BCUT2D eigenvalue weighted by atomic mass is 16.5. The molecule has 32 heavy (non-hydrogen) atoms. The molecule has 0 fully saturated rings. The van der Waals surface area contributed by atoms with E-state index < -0.39 is 5.60 Å². The molecule has 0 unspecified atom stereocenters. The molecule has 1 nitrogen and oxygen atoms in total. The van der Waals surface area contributed by atoms with Crippen LogP contribution in [0, 0.1) is 41.5 Å². The summed E-state index contributed by atoms with van der Waals surface area (Å²) in [6, 6.07) is 21.5. The number of aryl methyl sites for hydroxylation is 4. The Morgan fingerprint density at radius 2 is 1.16 bits per heavy atom. The van der Waals surface area contributed by atoms with Crippen molar-refractivity contribution in [1.82, 2.24) is 0 Å². The minimum Gasteiger partial charge on any atom is -0.473 e. The lowest BCUT2D eigenvalue weighted by atomic mass is 9.79. The molecular weight excluding hydrogens is 388 g/mol. The van der Waals surface area contributed by atoms with E-state index in [4.69, 9.17) is 4.74 Å². The molecule has 0 aromatic heterocycles. The Labute approximate surface area is 191 Å². The largest absolute Gasteiger partial charge is 0.473 e. The van der Waals surface area contributed by atoms with Gasteiger partial charge in [0, 0.05) is 16.7 Å². The van der Waals surface area contributed by atoms with Gasteiger partial charge in [0.2, 0.25) is 0 Å². The van der Waals surface area contributed by atoms with Crippen LogP contribution in [0.3, 0.4) is 0 Å². The Balaban J connectivity index is 1.82. The van der Waals surface area contributed by atoms with Crippen molar-refractivity contribution >= 4 is 16.8 Å². The van der Waals surface area contributed by atoms with Crippen molar-refractivity contribution in [1.29, 1.82) is 0 Å². The molecule has 1 aliphatic rings. The van der Waals surface area contributed by atoms with Gasteiger partial charge >= 0.3 is 0 Å². The van der Waals surface area contributed by atoms with Gasteiger partial charge in [-0.1, -0.05) is 54.6 Å². The van der Waals surface area contributed by atoms with E-state index >= 15 is 0 Å². The first-order chi connectivity index (χ1) is 15.3. The first-order valence-corrected chi connectivity index (χ1v) is 11.4. The number of ether oxygens (including phenoxy) is 1. The van der Waals surface area contributed by atoms with Gasteiger partial charge in [-0.15, -0.1) is 0 Å². The Bertz CT molecular complexity index is 1360. The monoisotopic (exact) mass is 418 g/mol. The minimum absolute atomic E-state index is 0.653. The molecule has 1 heteroatoms. The highest BCUT2D eigenvalue weighted by Crippen LogP contribution is 2.47. The Kier molecular flexibility index (Phi) is 4.74. The van der Waals surface area contributed by atoms with Crippen molar-refractivity contribution in [2.24, 2.45) is 0 Å². The van der Waals surface area contributed by atoms with Crippen LogP contribution in [-0.4, -0.2) is 0 Å². The normalized spacial score (nSPS) is 14.3. The second kappa shape index (κ2) is 7.38. The third-order valence-electron chi connectivity index (χ3n) is 7.52. The summed E-state index contributed by atoms with van der Waals surface area (Å²) in [4.78, 5) is 0. The fourth-order valence-corrected chi connectivity index (χ4v) is 5.35. The van der Waals surface area contributed by atoms with E-state index in [0.29, 0.717) is 0 Å². The standard InChI is InChI=1S/C31H30O/c1-19-11-7-9-13-27(19)31(28-14-10-8-12-20(28)2)18-17-26-29(32-31)16-15-25-23(5)21(3)22(4)24(6)30(25)26/h7-18H,1-6H3. The average molecular weight is 419 g/mol. The van der Waals surface area contributed by atoms with E-state index in [1.807, 2.05) is 0 Å². The van der Waals surface area contributed by atoms with Gasteiger partial charge in [0.1, 0.15) is 5.75 Å². The van der Waals surface area contributed by atoms with Gasteiger partial charge in [-0.05, 0) is 104 Å². The van der Waals surface area contributed by atoms with Crippen LogP contribution in [0.5, 0.6) is 5.75 Å². The van der Waals surface area contributed by atoms with Crippen LogP contribution in [0.25, 0.3) is 16.8 Å². The van der Waals surface area contributed by atoms with E-state index in [9.17, 15) is 0 Å². The van der Waals surface area contributed by atoms with E-state index in [1.165, 1.54) is 60.8 Å². The molecule has 0 spiro atoms. The molecule has 160 valence electrons. The molecule has 0 amide bonds. The van der Waals surface area contributed by atoms with Crippen LogP contribution in [0.2, 0.25) is 0 Å². The molecule has 1 heterocycles. The zero-order valence-corrected chi connectivity index (χ0v) is 19.8. The lowest BCUT2D eigenvalue weighted by Gasteiger charge is -2.38. The Morgan fingerprint density at radius 1 is 0.594 bits per heavy atom. The van der Waals surface area contributed by atoms with Crippen molar-refractivity contribution in [3.8, 4) is 5.75 Å². The SMILES string of the molecule is Cc1ccccc1C1(c2ccccc2C)C=Cc2c(ccc3c(C)c(C)c(C)c(C)c23)O1. The number of rotatable bonds is 2. The molecule has 0 bridgehead atoms. The van der Waals surface area contributed by atoms with Gasteiger partial charge in [0.15, 0.2) is 5.60 Å². The maximum Gasteiger partial charge on any atom is 0.178 e. The summed E-state index contributed by atoms with van der Waals surface area (Å²) in [6.45, 7) is 13.3. The van der Waals surface area contributed by atoms with Crippen molar-refractivity contribution < 1.29 is 4.74 Å². The Hall–Kier alpha value is -3.32. The summed E-state index contributed by atoms with van der Waals surface area (Å²) in [6.07, 6.45) is 4.56. The summed E-state index contributed by atoms with van der Waals surface area (Å²) >= 11 is 0. The van der Waals surface area contributed by atoms with E-state index in [1.54, 1.807) is 0 Å². The zero-order chi connectivity index (χ0) is 22.6. The Morgan fingerprint density at radius 3 is 1.75 bits per heavy atom. The van der Waals surface area contributed by atoms with Gasteiger partial charge in [-0.25, -0.2) is 0 Å². The molecular formula is C31H30O. The lowest BCUT2D eigenvalue weighted by molar-refractivity contribution is 0.160. The molecule has 0 radical (unpaired) electrons. The summed E-state index contributed by atoms with van der Waals surface area (Å²) in [5.41, 5.74) is 10.8. The van der Waals surface area contributed by atoms with E-state index in [-0.39, 0.29) is 0 Å².